The molecule has 13 heteroatoms. The molecule has 0 atom stereocenters. The van der Waals surface area contributed by atoms with Crippen LogP contribution in [0.1, 0.15) is 28.8 Å². The standard InChI is InChI=1S/C36H37F2N7O2S2/c1-44-9-11-45(12-10-44)27-5-6-31(33(18-27)40-26-7-13-47-14-8-26)36(46)41-35-32-20-30(21-39-34(32)42-43-35)49-29-4-2-3-28(19-29)48-22-23-15-24(37)17-25(38)16-23/h2-6,15-21,26,40H,7-14,22H2,1H3,(H2,39,41,42,43,46). The molecule has 7 rings (SSSR count). The number of aromatic amines is 1. The number of nitrogens with zero attached hydrogens (tertiary/aromatic N) is 4. The van der Waals surface area contributed by atoms with Crippen LogP contribution in [0.4, 0.5) is 26.0 Å². The molecule has 254 valence electrons. The lowest BCUT2D eigenvalue weighted by Gasteiger charge is -2.34. The number of aromatic nitrogens is 3. The number of ether oxygens (including phenoxy) is 1. The number of H-pyrrole nitrogens is 1. The molecule has 1 amide bonds. The Bertz CT molecular complexity index is 1920. The molecule has 0 saturated carbocycles. The number of halogens is 2. The Morgan fingerprint density at radius 3 is 2.53 bits per heavy atom. The van der Waals surface area contributed by atoms with Crippen molar-refractivity contribution in [3.8, 4) is 0 Å². The number of fused-ring (bicyclic) bond motifs is 1. The van der Waals surface area contributed by atoms with Crippen LogP contribution >= 0.6 is 23.5 Å². The molecular weight excluding hydrogens is 665 g/mol. The largest absolute Gasteiger partial charge is 0.381 e. The van der Waals surface area contributed by atoms with Crippen LogP contribution in [0.15, 0.2) is 87.6 Å². The minimum atomic E-state index is -0.580. The van der Waals surface area contributed by atoms with Gasteiger partial charge in [-0.15, -0.1) is 11.8 Å². The van der Waals surface area contributed by atoms with E-state index in [0.29, 0.717) is 46.9 Å². The van der Waals surface area contributed by atoms with Crippen LogP contribution in [-0.4, -0.2) is 78.5 Å². The second-order valence-electron chi connectivity index (χ2n) is 12.3. The molecule has 0 bridgehead atoms. The van der Waals surface area contributed by atoms with E-state index in [1.165, 1.54) is 35.7 Å². The average Bonchev–Trinajstić information content (AvgIpc) is 3.49. The molecule has 2 aromatic heterocycles. The highest BCUT2D eigenvalue weighted by molar-refractivity contribution is 7.99. The summed E-state index contributed by atoms with van der Waals surface area (Å²) in [6.07, 6.45) is 3.51. The van der Waals surface area contributed by atoms with Gasteiger partial charge in [0.15, 0.2) is 5.65 Å². The first kappa shape index (κ1) is 33.3. The van der Waals surface area contributed by atoms with Crippen molar-refractivity contribution in [1.29, 1.82) is 0 Å². The van der Waals surface area contributed by atoms with Crippen LogP contribution in [-0.2, 0) is 10.5 Å². The van der Waals surface area contributed by atoms with E-state index in [9.17, 15) is 13.6 Å². The van der Waals surface area contributed by atoms with Gasteiger partial charge < -0.3 is 25.2 Å². The van der Waals surface area contributed by atoms with E-state index in [-0.39, 0.29) is 11.9 Å². The van der Waals surface area contributed by atoms with Gasteiger partial charge in [-0.25, -0.2) is 13.8 Å². The van der Waals surface area contributed by atoms with Crippen LogP contribution in [0.2, 0.25) is 0 Å². The number of piperazine rings is 1. The summed E-state index contributed by atoms with van der Waals surface area (Å²) < 4.78 is 32.8. The van der Waals surface area contributed by atoms with Gasteiger partial charge in [-0.3, -0.25) is 9.89 Å². The average molecular weight is 702 g/mol. The van der Waals surface area contributed by atoms with Gasteiger partial charge in [0, 0.05) is 89.5 Å². The van der Waals surface area contributed by atoms with Crippen LogP contribution in [0, 0.1) is 11.6 Å². The molecule has 0 aliphatic carbocycles. The van der Waals surface area contributed by atoms with Crippen molar-refractivity contribution >= 4 is 57.7 Å². The van der Waals surface area contributed by atoms with Crippen molar-refractivity contribution in [1.82, 2.24) is 20.1 Å². The molecule has 49 heavy (non-hydrogen) atoms. The third-order valence-electron chi connectivity index (χ3n) is 8.69. The summed E-state index contributed by atoms with van der Waals surface area (Å²) >= 11 is 3.04. The van der Waals surface area contributed by atoms with Crippen molar-refractivity contribution in [2.75, 3.05) is 62.0 Å². The molecule has 3 aromatic carbocycles. The second kappa shape index (κ2) is 15.2. The smallest absolute Gasteiger partial charge is 0.258 e. The van der Waals surface area contributed by atoms with E-state index < -0.39 is 11.6 Å². The van der Waals surface area contributed by atoms with E-state index in [4.69, 9.17) is 4.74 Å². The Morgan fingerprint density at radius 1 is 0.959 bits per heavy atom. The van der Waals surface area contributed by atoms with E-state index in [0.717, 1.165) is 71.1 Å². The molecular formula is C36H37F2N7O2S2. The number of carbonyl (C=O) groups is 1. The SMILES string of the molecule is CN1CCN(c2ccc(C(=O)Nc3[nH]nc4ncc(Sc5cccc(SCc6cc(F)cc(F)c6)c5)cc34)c(NC3CCOCC3)c2)CC1. The third kappa shape index (κ3) is 8.35. The van der Waals surface area contributed by atoms with E-state index in [2.05, 4.69) is 48.7 Å². The highest BCUT2D eigenvalue weighted by atomic mass is 32.2. The number of nitrogens with one attached hydrogen (secondary N) is 3. The number of hydrogen-bond donors (Lipinski definition) is 3. The normalized spacial score (nSPS) is 15.9. The summed E-state index contributed by atoms with van der Waals surface area (Å²) in [6.45, 7) is 5.26. The maximum Gasteiger partial charge on any atom is 0.258 e. The molecule has 2 aliphatic heterocycles. The second-order valence-corrected chi connectivity index (χ2v) is 14.5. The number of rotatable bonds is 10. The van der Waals surface area contributed by atoms with Gasteiger partial charge >= 0.3 is 0 Å². The van der Waals surface area contributed by atoms with Gasteiger partial charge in [0.05, 0.1) is 10.9 Å². The highest BCUT2D eigenvalue weighted by Gasteiger charge is 2.22. The molecule has 2 saturated heterocycles. The lowest BCUT2D eigenvalue weighted by Crippen LogP contribution is -2.44. The number of amides is 1. The number of pyridine rings is 1. The molecule has 4 heterocycles. The molecule has 2 fully saturated rings. The van der Waals surface area contributed by atoms with Crippen LogP contribution in [0.3, 0.4) is 0 Å². The van der Waals surface area contributed by atoms with E-state index in [1.807, 2.05) is 42.5 Å². The Kier molecular flexibility index (Phi) is 10.3. The first-order valence-electron chi connectivity index (χ1n) is 16.3. The number of hydrogen-bond acceptors (Lipinski definition) is 9. The molecule has 3 N–H and O–H groups in total. The van der Waals surface area contributed by atoms with E-state index >= 15 is 0 Å². The Labute approximate surface area is 292 Å². The van der Waals surface area contributed by atoms with Crippen molar-refractivity contribution in [3.63, 3.8) is 0 Å². The number of benzene rings is 3. The summed E-state index contributed by atoms with van der Waals surface area (Å²) in [5, 5.41) is 14.7. The fourth-order valence-electron chi connectivity index (χ4n) is 6.01. The molecule has 0 spiro atoms. The predicted molar refractivity (Wildman–Crippen MR) is 192 cm³/mol. The van der Waals surface area contributed by atoms with Gasteiger partial charge in [0.2, 0.25) is 0 Å². The summed E-state index contributed by atoms with van der Waals surface area (Å²) in [5.41, 5.74) is 3.54. The lowest BCUT2D eigenvalue weighted by atomic mass is 10.1. The number of likely N-dealkylation sites (N-methyl/N-ethyl adjacent to an activating group) is 1. The maximum absolute atomic E-state index is 13.9. The maximum atomic E-state index is 13.9. The minimum Gasteiger partial charge on any atom is -0.381 e. The van der Waals surface area contributed by atoms with Gasteiger partial charge in [0.1, 0.15) is 17.5 Å². The molecule has 0 radical (unpaired) electrons. The molecule has 2 aliphatic rings. The highest BCUT2D eigenvalue weighted by Crippen LogP contribution is 2.34. The van der Waals surface area contributed by atoms with Gasteiger partial charge in [-0.05, 0) is 80.1 Å². The number of carbonyl (C=O) groups excluding carboxylic acids is 1. The summed E-state index contributed by atoms with van der Waals surface area (Å²) in [6, 6.07) is 19.7. The Balaban J connectivity index is 1.07. The van der Waals surface area contributed by atoms with E-state index in [1.54, 1.807) is 6.20 Å². The lowest BCUT2D eigenvalue weighted by molar-refractivity contribution is 0.0904. The zero-order valence-electron chi connectivity index (χ0n) is 27.0. The Morgan fingerprint density at radius 2 is 1.73 bits per heavy atom. The van der Waals surface area contributed by atoms with Crippen molar-refractivity contribution in [3.05, 3.63) is 95.7 Å². The van der Waals surface area contributed by atoms with Gasteiger partial charge in [-0.1, -0.05) is 17.8 Å². The monoisotopic (exact) mass is 701 g/mol. The fraction of sp³-hybridized carbons (Fsp3) is 0.306. The minimum absolute atomic E-state index is 0.223. The van der Waals surface area contributed by atoms with Gasteiger partial charge in [0.25, 0.3) is 5.91 Å². The van der Waals surface area contributed by atoms with Crippen LogP contribution in [0.25, 0.3) is 11.0 Å². The molecule has 0 unspecified atom stereocenters. The summed E-state index contributed by atoms with van der Waals surface area (Å²) in [5.74, 6) is -0.486. The van der Waals surface area contributed by atoms with Crippen molar-refractivity contribution in [2.45, 2.75) is 39.3 Å². The topological polar surface area (TPSA) is 98.4 Å². The van der Waals surface area contributed by atoms with Crippen molar-refractivity contribution < 1.29 is 18.3 Å². The van der Waals surface area contributed by atoms with Gasteiger partial charge in [-0.2, -0.15) is 5.10 Å². The van der Waals surface area contributed by atoms with Crippen LogP contribution in [0.5, 0.6) is 0 Å². The predicted octanol–water partition coefficient (Wildman–Crippen LogP) is 7.27. The number of thioether (sulfide) groups is 1. The fourth-order valence-corrected chi connectivity index (χ4v) is 7.86. The number of anilines is 3. The molecule has 5 aromatic rings. The zero-order valence-corrected chi connectivity index (χ0v) is 28.7. The quantitative estimate of drug-likeness (QED) is 0.130. The first-order chi connectivity index (χ1) is 23.9. The summed E-state index contributed by atoms with van der Waals surface area (Å²) in [7, 11) is 2.14. The third-order valence-corrected chi connectivity index (χ3v) is 10.7. The Hall–Kier alpha value is -4.17. The van der Waals surface area contributed by atoms with Crippen molar-refractivity contribution in [2.24, 2.45) is 0 Å². The summed E-state index contributed by atoms with van der Waals surface area (Å²) in [4.78, 5) is 25.9. The first-order valence-corrected chi connectivity index (χ1v) is 18.1. The van der Waals surface area contributed by atoms with Crippen LogP contribution < -0.4 is 15.5 Å². The zero-order chi connectivity index (χ0) is 33.7. The molecule has 9 nitrogen and oxygen atoms in total.